The van der Waals surface area contributed by atoms with Crippen LogP contribution in [-0.4, -0.2) is 76.8 Å². The van der Waals surface area contributed by atoms with Crippen molar-refractivity contribution in [3.8, 4) is 0 Å². The van der Waals surface area contributed by atoms with Crippen LogP contribution in [0.3, 0.4) is 0 Å². The van der Waals surface area contributed by atoms with Crippen LogP contribution >= 0.6 is 0 Å². The third-order valence-electron chi connectivity index (χ3n) is 6.51. The predicted octanol–water partition coefficient (Wildman–Crippen LogP) is 2.06. The molecule has 3 aromatic heterocycles. The number of aliphatic carboxylic acids is 2. The lowest BCUT2D eigenvalue weighted by atomic mass is 9.85. The first kappa shape index (κ1) is 32.9. The quantitative estimate of drug-likeness (QED) is 0.327. The standard InChI is InChI=1S/C21H22N6O2.2C2HF3O2/c28-18-19(29)27(14-17-5-1-2-9-23-17)24-20-21(7-11-26(18)20)6-10-25(15-21)13-16-4-3-8-22-12-16;2*3-2(4,5)1(6)7/h1-5,8-9,12H,6-7,10-11,13-15H2;2*(H,6,7). The van der Waals surface area contributed by atoms with E-state index in [-0.39, 0.29) is 12.0 Å². The van der Waals surface area contributed by atoms with E-state index in [1.54, 1.807) is 17.0 Å². The summed E-state index contributed by atoms with van der Waals surface area (Å²) in [5.74, 6) is -4.77. The van der Waals surface area contributed by atoms with E-state index in [4.69, 9.17) is 19.8 Å². The van der Waals surface area contributed by atoms with E-state index in [2.05, 4.69) is 26.0 Å². The Morgan fingerprint density at radius 1 is 0.860 bits per heavy atom. The molecule has 1 spiro atoms. The van der Waals surface area contributed by atoms with Crippen molar-refractivity contribution in [1.82, 2.24) is 29.2 Å². The molecule has 43 heavy (non-hydrogen) atoms. The van der Waals surface area contributed by atoms with Gasteiger partial charge in [-0.2, -0.15) is 31.4 Å². The third-order valence-corrected chi connectivity index (χ3v) is 6.51. The molecule has 0 aromatic carbocycles. The fraction of sp³-hybridized carbons (Fsp3) is 0.400. The van der Waals surface area contributed by atoms with Gasteiger partial charge in [-0.25, -0.2) is 14.3 Å². The average Bonchev–Trinajstić information content (AvgIpc) is 3.51. The summed E-state index contributed by atoms with van der Waals surface area (Å²) >= 11 is 0. The first-order valence-electron chi connectivity index (χ1n) is 12.4. The van der Waals surface area contributed by atoms with E-state index < -0.39 is 35.4 Å². The summed E-state index contributed by atoms with van der Waals surface area (Å²) in [5.41, 5.74) is 0.646. The minimum absolute atomic E-state index is 0.180. The number of carboxylic acids is 2. The van der Waals surface area contributed by atoms with Crippen molar-refractivity contribution in [1.29, 1.82) is 0 Å². The maximum atomic E-state index is 12.7. The molecule has 0 amide bonds. The van der Waals surface area contributed by atoms with Crippen molar-refractivity contribution in [3.63, 3.8) is 0 Å². The highest BCUT2D eigenvalue weighted by molar-refractivity contribution is 5.73. The van der Waals surface area contributed by atoms with Crippen LogP contribution in [0, 0.1) is 0 Å². The SMILES string of the molecule is O=C(O)C(F)(F)F.O=C(O)C(F)(F)F.O=c1c(=O)n2c(nn1Cc1ccccn1)C1(CCN(Cc3cccnc3)C1)CC2. The summed E-state index contributed by atoms with van der Waals surface area (Å²) in [6, 6.07) is 9.54. The van der Waals surface area contributed by atoms with E-state index in [0.717, 1.165) is 38.3 Å². The monoisotopic (exact) mass is 618 g/mol. The highest BCUT2D eigenvalue weighted by Gasteiger charge is 2.47. The van der Waals surface area contributed by atoms with Crippen LogP contribution in [0.4, 0.5) is 26.3 Å². The topological polar surface area (TPSA) is 161 Å². The van der Waals surface area contributed by atoms with Gasteiger partial charge in [0.1, 0.15) is 5.82 Å². The number of rotatable bonds is 4. The molecule has 0 saturated carbocycles. The Bertz CT molecular complexity index is 1520. The zero-order chi connectivity index (χ0) is 32.0. The maximum Gasteiger partial charge on any atom is 0.490 e. The van der Waals surface area contributed by atoms with E-state index in [0.29, 0.717) is 12.2 Å². The molecule has 18 heteroatoms. The van der Waals surface area contributed by atoms with Gasteiger partial charge in [0.15, 0.2) is 0 Å². The number of carboxylic acid groups (broad SMARTS) is 2. The Balaban J connectivity index is 0.000000303. The van der Waals surface area contributed by atoms with Crippen molar-refractivity contribution in [2.45, 2.75) is 50.2 Å². The Labute approximate surface area is 237 Å². The molecule has 3 aromatic rings. The lowest BCUT2D eigenvalue weighted by Crippen LogP contribution is -2.45. The van der Waals surface area contributed by atoms with Gasteiger partial charge in [-0.05, 0) is 43.1 Å². The number of nitrogens with zero attached hydrogens (tertiary/aromatic N) is 6. The number of hydrogen-bond donors (Lipinski definition) is 2. The Morgan fingerprint density at radius 3 is 2.02 bits per heavy atom. The number of pyridine rings is 2. The minimum Gasteiger partial charge on any atom is -0.475 e. The molecule has 1 atom stereocenters. The molecule has 0 radical (unpaired) electrons. The Kier molecular flexibility index (Phi) is 10.1. The van der Waals surface area contributed by atoms with E-state index >= 15 is 0 Å². The number of aromatic nitrogens is 5. The maximum absolute atomic E-state index is 12.7. The van der Waals surface area contributed by atoms with Gasteiger partial charge in [-0.1, -0.05) is 12.1 Å². The van der Waals surface area contributed by atoms with Crippen LogP contribution in [0.5, 0.6) is 0 Å². The molecular weight excluding hydrogens is 594 g/mol. The van der Waals surface area contributed by atoms with Crippen LogP contribution in [0.1, 0.15) is 29.9 Å². The summed E-state index contributed by atoms with van der Waals surface area (Å²) in [6.45, 7) is 3.35. The summed E-state index contributed by atoms with van der Waals surface area (Å²) in [4.78, 5) is 53.9. The number of alkyl halides is 6. The van der Waals surface area contributed by atoms with Crippen LogP contribution in [0.15, 0.2) is 58.5 Å². The molecular formula is C25H24F6N6O6. The summed E-state index contributed by atoms with van der Waals surface area (Å²) in [7, 11) is 0. The second-order valence-corrected chi connectivity index (χ2v) is 9.52. The van der Waals surface area contributed by atoms with Crippen molar-refractivity contribution >= 4 is 11.9 Å². The molecule has 5 heterocycles. The molecule has 12 nitrogen and oxygen atoms in total. The number of carbonyl (C=O) groups is 2. The van der Waals surface area contributed by atoms with Crippen molar-refractivity contribution in [2.24, 2.45) is 0 Å². The number of hydrogen-bond acceptors (Lipinski definition) is 8. The van der Waals surface area contributed by atoms with Gasteiger partial charge in [0.05, 0.1) is 12.2 Å². The van der Waals surface area contributed by atoms with Gasteiger partial charge in [-0.15, -0.1) is 0 Å². The Hall–Kier alpha value is -4.61. The molecule has 0 aliphatic carbocycles. The van der Waals surface area contributed by atoms with Gasteiger partial charge < -0.3 is 10.2 Å². The van der Waals surface area contributed by atoms with Crippen molar-refractivity contribution in [3.05, 3.63) is 86.7 Å². The van der Waals surface area contributed by atoms with Gasteiger partial charge in [0, 0.05) is 43.6 Å². The number of halogens is 6. The predicted molar refractivity (Wildman–Crippen MR) is 134 cm³/mol. The van der Waals surface area contributed by atoms with Crippen LogP contribution in [-0.2, 0) is 34.6 Å². The minimum atomic E-state index is -5.08. The lowest BCUT2D eigenvalue weighted by molar-refractivity contribution is -0.193. The van der Waals surface area contributed by atoms with Crippen molar-refractivity contribution < 1.29 is 46.1 Å². The number of fused-ring (bicyclic) bond motifs is 2. The van der Waals surface area contributed by atoms with Crippen LogP contribution in [0.25, 0.3) is 0 Å². The fourth-order valence-electron chi connectivity index (χ4n) is 4.56. The molecule has 232 valence electrons. The van der Waals surface area contributed by atoms with Crippen LogP contribution < -0.4 is 11.1 Å². The molecule has 2 aliphatic rings. The molecule has 1 fully saturated rings. The average molecular weight is 618 g/mol. The van der Waals surface area contributed by atoms with Gasteiger partial charge >= 0.3 is 35.4 Å². The van der Waals surface area contributed by atoms with Gasteiger partial charge in [0.25, 0.3) is 0 Å². The molecule has 5 rings (SSSR count). The number of likely N-dealkylation sites (tertiary alicyclic amines) is 1. The Morgan fingerprint density at radius 2 is 1.49 bits per heavy atom. The largest absolute Gasteiger partial charge is 0.490 e. The zero-order valence-electron chi connectivity index (χ0n) is 22.0. The fourth-order valence-corrected chi connectivity index (χ4v) is 4.56. The summed E-state index contributed by atoms with van der Waals surface area (Å²) in [5, 5.41) is 18.9. The lowest BCUT2D eigenvalue weighted by Gasteiger charge is -2.23. The molecule has 1 saturated heterocycles. The second kappa shape index (κ2) is 13.1. The summed E-state index contributed by atoms with van der Waals surface area (Å²) < 4.78 is 66.3. The second-order valence-electron chi connectivity index (χ2n) is 9.52. The molecule has 2 aliphatic heterocycles. The molecule has 0 bridgehead atoms. The highest BCUT2D eigenvalue weighted by Crippen LogP contribution is 2.40. The van der Waals surface area contributed by atoms with E-state index in [1.165, 1.54) is 10.2 Å². The molecule has 2 N–H and O–H groups in total. The first-order valence-corrected chi connectivity index (χ1v) is 12.4. The molecule has 1 unspecified atom stereocenters. The first-order chi connectivity index (χ1) is 20.0. The van der Waals surface area contributed by atoms with Gasteiger partial charge in [0.2, 0.25) is 0 Å². The van der Waals surface area contributed by atoms with Crippen molar-refractivity contribution in [2.75, 3.05) is 13.1 Å². The highest BCUT2D eigenvalue weighted by atomic mass is 19.4. The zero-order valence-corrected chi connectivity index (χ0v) is 22.0. The normalized spacial score (nSPS) is 17.8. The van der Waals surface area contributed by atoms with Gasteiger partial charge in [-0.3, -0.25) is 29.0 Å². The van der Waals surface area contributed by atoms with E-state index in [9.17, 15) is 35.9 Å². The third kappa shape index (κ3) is 8.46. The van der Waals surface area contributed by atoms with Crippen LogP contribution in [0.2, 0.25) is 0 Å². The summed E-state index contributed by atoms with van der Waals surface area (Å²) in [6.07, 6.45) is -3.05. The smallest absolute Gasteiger partial charge is 0.475 e. The van der Waals surface area contributed by atoms with E-state index in [1.807, 2.05) is 30.5 Å².